The molecule has 3 N–H and O–H groups in total. The fourth-order valence-electron chi connectivity index (χ4n) is 1.94. The van der Waals surface area contributed by atoms with Gasteiger partial charge in [0.2, 0.25) is 10.0 Å². The van der Waals surface area contributed by atoms with Crippen LogP contribution < -0.4 is 5.73 Å². The number of pyridine rings is 1. The zero-order valence-corrected chi connectivity index (χ0v) is 12.2. The van der Waals surface area contributed by atoms with Crippen LogP contribution in [0.5, 0.6) is 0 Å². The molecule has 0 unspecified atom stereocenters. The Morgan fingerprint density at radius 1 is 1.45 bits per heavy atom. The third-order valence-electron chi connectivity index (χ3n) is 2.95. The van der Waals surface area contributed by atoms with E-state index in [1.807, 2.05) is 6.07 Å². The quantitative estimate of drug-likeness (QED) is 0.830. The van der Waals surface area contributed by atoms with Crippen LogP contribution in [0.4, 0.5) is 0 Å². The number of rotatable bonds is 5. The van der Waals surface area contributed by atoms with Gasteiger partial charge in [-0.25, -0.2) is 8.42 Å². The zero-order valence-electron chi connectivity index (χ0n) is 11.4. The molecule has 0 saturated carbocycles. The summed E-state index contributed by atoms with van der Waals surface area (Å²) < 4.78 is 26.4. The number of nitrogens with zero attached hydrogens (tertiary/aromatic N) is 3. The maximum Gasteiger partial charge on any atom is 0.246 e. The number of sulfonamides is 1. The van der Waals surface area contributed by atoms with Gasteiger partial charge < -0.3 is 5.73 Å². The molecular weight excluding hydrogens is 278 g/mol. The molecule has 0 aliphatic heterocycles. The molecule has 0 saturated heterocycles. The van der Waals surface area contributed by atoms with E-state index in [0.29, 0.717) is 11.4 Å². The number of H-pyrrole nitrogens is 1. The second-order valence-electron chi connectivity index (χ2n) is 4.45. The van der Waals surface area contributed by atoms with Gasteiger partial charge in [-0.3, -0.25) is 10.1 Å². The van der Waals surface area contributed by atoms with Gasteiger partial charge in [0.15, 0.2) is 0 Å². The molecule has 0 radical (unpaired) electrons. The first kappa shape index (κ1) is 14.6. The normalized spacial score (nSPS) is 12.0. The Labute approximate surface area is 117 Å². The summed E-state index contributed by atoms with van der Waals surface area (Å²) >= 11 is 0. The van der Waals surface area contributed by atoms with Gasteiger partial charge in [0, 0.05) is 32.5 Å². The highest BCUT2D eigenvalue weighted by atomic mass is 32.2. The molecule has 0 aromatic carbocycles. The number of hydrogen-bond donors (Lipinski definition) is 2. The van der Waals surface area contributed by atoms with Crippen LogP contribution in [-0.2, 0) is 23.1 Å². The first-order valence-electron chi connectivity index (χ1n) is 6.06. The van der Waals surface area contributed by atoms with Gasteiger partial charge in [0.1, 0.15) is 4.90 Å². The summed E-state index contributed by atoms with van der Waals surface area (Å²) in [5.41, 5.74) is 7.19. The van der Waals surface area contributed by atoms with Crippen molar-refractivity contribution in [3.05, 3.63) is 41.5 Å². The average Bonchev–Trinajstić information content (AvgIpc) is 2.81. The predicted molar refractivity (Wildman–Crippen MR) is 74.1 cm³/mol. The first-order chi connectivity index (χ1) is 9.46. The summed E-state index contributed by atoms with van der Waals surface area (Å²) in [7, 11) is -2.11. The molecule has 7 nitrogen and oxygen atoms in total. The van der Waals surface area contributed by atoms with E-state index in [2.05, 4.69) is 15.2 Å². The molecular formula is C12H17N5O2S. The number of hydrogen-bond acceptors (Lipinski definition) is 5. The lowest BCUT2D eigenvalue weighted by molar-refractivity contribution is 0.465. The summed E-state index contributed by atoms with van der Waals surface area (Å²) in [5.74, 6) is 0. The van der Waals surface area contributed by atoms with Crippen LogP contribution in [0.3, 0.4) is 0 Å². The van der Waals surface area contributed by atoms with Gasteiger partial charge in [-0.1, -0.05) is 6.07 Å². The number of aryl methyl sites for hydroxylation is 1. The van der Waals surface area contributed by atoms with Gasteiger partial charge in [0.05, 0.1) is 11.4 Å². The fourth-order valence-corrected chi connectivity index (χ4v) is 3.43. The van der Waals surface area contributed by atoms with Crippen molar-refractivity contribution in [3.63, 3.8) is 0 Å². The molecule has 0 aliphatic carbocycles. The Morgan fingerprint density at radius 2 is 2.20 bits per heavy atom. The van der Waals surface area contributed by atoms with Crippen LogP contribution in [0.25, 0.3) is 0 Å². The molecule has 2 rings (SSSR count). The van der Waals surface area contributed by atoms with Crippen molar-refractivity contribution < 1.29 is 8.42 Å². The van der Waals surface area contributed by atoms with Crippen molar-refractivity contribution in [2.24, 2.45) is 5.73 Å². The lowest BCUT2D eigenvalue weighted by atomic mass is 10.3. The summed E-state index contributed by atoms with van der Waals surface area (Å²) in [6.07, 6.45) is 3.28. The Bertz CT molecular complexity index is 681. The lowest BCUT2D eigenvalue weighted by Crippen LogP contribution is -2.28. The second kappa shape index (κ2) is 5.70. The highest BCUT2D eigenvalue weighted by Crippen LogP contribution is 2.22. The van der Waals surface area contributed by atoms with Gasteiger partial charge in [-0.2, -0.15) is 9.40 Å². The Kier molecular flexibility index (Phi) is 4.17. The van der Waals surface area contributed by atoms with Crippen LogP contribution in [0, 0.1) is 6.92 Å². The summed E-state index contributed by atoms with van der Waals surface area (Å²) in [5, 5.41) is 6.59. The molecule has 2 aromatic heterocycles. The van der Waals surface area contributed by atoms with Crippen molar-refractivity contribution in [1.82, 2.24) is 19.5 Å². The molecule has 0 aliphatic rings. The van der Waals surface area contributed by atoms with Crippen molar-refractivity contribution in [2.75, 3.05) is 7.05 Å². The maximum atomic E-state index is 12.6. The largest absolute Gasteiger partial charge is 0.325 e. The summed E-state index contributed by atoms with van der Waals surface area (Å²) in [4.78, 5) is 4.13. The van der Waals surface area contributed by atoms with Crippen LogP contribution in [-0.4, -0.2) is 35.0 Å². The first-order valence-corrected chi connectivity index (χ1v) is 7.50. The van der Waals surface area contributed by atoms with E-state index in [-0.39, 0.29) is 18.0 Å². The van der Waals surface area contributed by atoms with E-state index >= 15 is 0 Å². The Hall–Kier alpha value is -1.77. The van der Waals surface area contributed by atoms with Gasteiger partial charge in [0.25, 0.3) is 0 Å². The van der Waals surface area contributed by atoms with Crippen molar-refractivity contribution in [2.45, 2.75) is 24.9 Å². The van der Waals surface area contributed by atoms with E-state index in [0.717, 1.165) is 5.56 Å². The molecule has 0 amide bonds. The average molecular weight is 295 g/mol. The minimum atomic E-state index is -3.64. The van der Waals surface area contributed by atoms with Crippen LogP contribution >= 0.6 is 0 Å². The summed E-state index contributed by atoms with van der Waals surface area (Å²) in [6.45, 7) is 1.97. The zero-order chi connectivity index (χ0) is 14.8. The van der Waals surface area contributed by atoms with E-state index in [1.54, 1.807) is 25.4 Å². The second-order valence-corrected chi connectivity index (χ2v) is 6.43. The monoisotopic (exact) mass is 295 g/mol. The molecule has 0 fully saturated rings. The van der Waals surface area contributed by atoms with Crippen LogP contribution in [0.15, 0.2) is 29.4 Å². The standard InChI is InChI=1S/C12H17N5O2S/c1-9-12(11(6-13)16-15-9)20(18,19)17(2)8-10-4-3-5-14-7-10/h3-5,7H,6,8,13H2,1-2H3,(H,15,16). The maximum absolute atomic E-state index is 12.6. The predicted octanol–water partition coefficient (Wildman–Crippen LogP) is 0.393. The SMILES string of the molecule is Cc1[nH]nc(CN)c1S(=O)(=O)N(C)Cc1cccnc1. The van der Waals surface area contributed by atoms with Crippen molar-refractivity contribution in [1.29, 1.82) is 0 Å². The molecule has 0 spiro atoms. The lowest BCUT2D eigenvalue weighted by Gasteiger charge is -2.17. The van der Waals surface area contributed by atoms with Crippen LogP contribution in [0.1, 0.15) is 17.0 Å². The summed E-state index contributed by atoms with van der Waals surface area (Å²) in [6, 6.07) is 3.59. The molecule has 8 heteroatoms. The topological polar surface area (TPSA) is 105 Å². The van der Waals surface area contributed by atoms with E-state index in [1.165, 1.54) is 11.4 Å². The molecule has 108 valence electrons. The van der Waals surface area contributed by atoms with Gasteiger partial charge >= 0.3 is 0 Å². The van der Waals surface area contributed by atoms with Crippen molar-refractivity contribution in [3.8, 4) is 0 Å². The number of nitrogens with one attached hydrogen (secondary N) is 1. The number of aromatic nitrogens is 3. The van der Waals surface area contributed by atoms with E-state index < -0.39 is 10.0 Å². The highest BCUT2D eigenvalue weighted by molar-refractivity contribution is 7.89. The molecule has 20 heavy (non-hydrogen) atoms. The van der Waals surface area contributed by atoms with Crippen LogP contribution in [0.2, 0.25) is 0 Å². The fraction of sp³-hybridized carbons (Fsp3) is 0.333. The molecule has 0 bridgehead atoms. The Morgan fingerprint density at radius 3 is 2.80 bits per heavy atom. The molecule has 2 aromatic rings. The minimum Gasteiger partial charge on any atom is -0.325 e. The minimum absolute atomic E-state index is 0.0691. The molecule has 0 atom stereocenters. The van der Waals surface area contributed by atoms with E-state index in [9.17, 15) is 8.42 Å². The number of nitrogens with two attached hydrogens (primary N) is 1. The third kappa shape index (κ3) is 2.72. The number of aromatic amines is 1. The van der Waals surface area contributed by atoms with Crippen molar-refractivity contribution >= 4 is 10.0 Å². The van der Waals surface area contributed by atoms with E-state index in [4.69, 9.17) is 5.73 Å². The highest BCUT2D eigenvalue weighted by Gasteiger charge is 2.28. The smallest absolute Gasteiger partial charge is 0.246 e. The third-order valence-corrected chi connectivity index (χ3v) is 4.96. The van der Waals surface area contributed by atoms with Gasteiger partial charge in [-0.15, -0.1) is 0 Å². The van der Waals surface area contributed by atoms with Gasteiger partial charge in [-0.05, 0) is 18.6 Å². The molecule has 2 heterocycles. The Balaban J connectivity index is 2.32.